The Morgan fingerprint density at radius 3 is 1.15 bits per heavy atom. The van der Waals surface area contributed by atoms with Crippen molar-refractivity contribution in [1.29, 1.82) is 0 Å². The van der Waals surface area contributed by atoms with Gasteiger partial charge in [-0.3, -0.25) is 14.4 Å². The molecule has 0 saturated carbocycles. The van der Waals surface area contributed by atoms with Crippen molar-refractivity contribution in [3.63, 3.8) is 0 Å². The highest BCUT2D eigenvalue weighted by atomic mass is 16.6. The summed E-state index contributed by atoms with van der Waals surface area (Å²) < 4.78 is 16.6. The maximum atomic E-state index is 12.8. The summed E-state index contributed by atoms with van der Waals surface area (Å²) in [5, 5.41) is 0. The van der Waals surface area contributed by atoms with Crippen LogP contribution in [0.4, 0.5) is 0 Å². The van der Waals surface area contributed by atoms with Gasteiger partial charge in [-0.15, -0.1) is 0 Å². The second-order valence-electron chi connectivity index (χ2n) is 15.5. The van der Waals surface area contributed by atoms with Gasteiger partial charge in [0.1, 0.15) is 13.2 Å². The van der Waals surface area contributed by atoms with Gasteiger partial charge in [-0.05, 0) is 83.5 Å². The minimum absolute atomic E-state index is 0.153. The summed E-state index contributed by atoms with van der Waals surface area (Å²) in [5.74, 6) is -1.14. The number of esters is 3. The Balaban J connectivity index is 4.70. The van der Waals surface area contributed by atoms with Crippen molar-refractivity contribution in [3.05, 3.63) is 170 Å². The van der Waals surface area contributed by atoms with E-state index in [-0.39, 0.29) is 44.4 Å². The molecule has 65 heavy (non-hydrogen) atoms. The molecule has 0 heterocycles. The van der Waals surface area contributed by atoms with Crippen molar-refractivity contribution in [2.24, 2.45) is 0 Å². The fourth-order valence-corrected chi connectivity index (χ4v) is 5.81. The third-order valence-corrected chi connectivity index (χ3v) is 9.48. The number of hydrogen-bond donors (Lipinski definition) is 0. The van der Waals surface area contributed by atoms with Crippen LogP contribution in [0.15, 0.2) is 170 Å². The van der Waals surface area contributed by atoms with E-state index in [0.29, 0.717) is 19.3 Å². The van der Waals surface area contributed by atoms with E-state index in [1.807, 2.05) is 115 Å². The van der Waals surface area contributed by atoms with E-state index in [1.165, 1.54) is 38.5 Å². The second kappa shape index (κ2) is 51.4. The van der Waals surface area contributed by atoms with Gasteiger partial charge in [-0.25, -0.2) is 0 Å². The highest BCUT2D eigenvalue weighted by Gasteiger charge is 2.19. The molecule has 0 aliphatic carbocycles. The largest absolute Gasteiger partial charge is 0.462 e. The molecular weight excluding hydrogens is 805 g/mol. The molecule has 1 unspecified atom stereocenters. The van der Waals surface area contributed by atoms with Crippen LogP contribution in [-0.2, 0) is 28.6 Å². The number of carbonyl (C=O) groups is 3. The number of unbranched alkanes of at least 4 members (excludes halogenated alkanes) is 11. The standard InChI is InChI=1S/C59H86O6/c1-4-7-10-13-16-19-22-25-27-29-31-34-37-40-43-46-49-52-58(61)64-55-56(54-63-57(60)51-48-45-42-39-36-33-24-21-18-15-12-9-6-3)65-59(62)53-50-47-44-41-38-35-32-30-28-26-23-20-17-14-11-8-5-2/h7,9-10,12-13,15-16,18-19,21-22,24-29,31-37,39,41-42,44,56H,4-6,8,11,14,17,20,23,30,38,40,43,45-55H2,1-3H3/b10-7+,12-9+,16-13+,18-15+,22-19+,24-21+,27-25+,28-26+,31-29+,35-32+,36-33+,37-34+,42-39+,44-41+. The van der Waals surface area contributed by atoms with Crippen LogP contribution in [0.5, 0.6) is 0 Å². The number of allylic oxidation sites excluding steroid dienone is 28. The lowest BCUT2D eigenvalue weighted by atomic mass is 10.1. The minimum atomic E-state index is -0.861. The first kappa shape index (κ1) is 59.8. The van der Waals surface area contributed by atoms with E-state index in [9.17, 15) is 14.4 Å². The van der Waals surface area contributed by atoms with Crippen LogP contribution in [0.1, 0.15) is 162 Å². The van der Waals surface area contributed by atoms with Gasteiger partial charge >= 0.3 is 17.9 Å². The highest BCUT2D eigenvalue weighted by Crippen LogP contribution is 2.10. The van der Waals surface area contributed by atoms with Crippen molar-refractivity contribution < 1.29 is 28.6 Å². The van der Waals surface area contributed by atoms with Gasteiger partial charge in [0.05, 0.1) is 0 Å². The topological polar surface area (TPSA) is 78.9 Å². The lowest BCUT2D eigenvalue weighted by molar-refractivity contribution is -0.167. The van der Waals surface area contributed by atoms with Crippen molar-refractivity contribution >= 4 is 17.9 Å². The van der Waals surface area contributed by atoms with Gasteiger partial charge in [-0.2, -0.15) is 0 Å². The Labute approximate surface area is 396 Å². The Bertz CT molecular complexity index is 1590. The fourth-order valence-electron chi connectivity index (χ4n) is 5.81. The maximum Gasteiger partial charge on any atom is 0.306 e. The Kier molecular flexibility index (Phi) is 47.3. The SMILES string of the molecule is CC/C=C/C=C/C=C/C=C/C=C/C=C/CCCCCC(=O)OCC(COC(=O)CCC/C=C/C=C/C=C/C=C/C=C/CC)OC(=O)CCC/C=C/C/C=C/C/C=C/CCCCCCCC. The summed E-state index contributed by atoms with van der Waals surface area (Å²) in [6.07, 6.45) is 76.3. The zero-order valence-corrected chi connectivity index (χ0v) is 40.7. The van der Waals surface area contributed by atoms with Crippen LogP contribution in [-0.4, -0.2) is 37.2 Å². The summed E-state index contributed by atoms with van der Waals surface area (Å²) in [4.78, 5) is 37.9. The van der Waals surface area contributed by atoms with E-state index in [0.717, 1.165) is 64.2 Å². The maximum absolute atomic E-state index is 12.8. The molecule has 0 bridgehead atoms. The van der Waals surface area contributed by atoms with Crippen molar-refractivity contribution in [1.82, 2.24) is 0 Å². The molecule has 0 aromatic rings. The van der Waals surface area contributed by atoms with E-state index in [1.54, 1.807) is 0 Å². The van der Waals surface area contributed by atoms with E-state index < -0.39 is 12.1 Å². The average Bonchev–Trinajstić information content (AvgIpc) is 3.30. The predicted molar refractivity (Wildman–Crippen MR) is 278 cm³/mol. The van der Waals surface area contributed by atoms with Crippen LogP contribution in [0.25, 0.3) is 0 Å². The fraction of sp³-hybridized carbons (Fsp3) is 0.475. The van der Waals surface area contributed by atoms with Gasteiger partial charge in [0.15, 0.2) is 6.10 Å². The summed E-state index contributed by atoms with van der Waals surface area (Å²) in [5.41, 5.74) is 0. The molecule has 1 atom stereocenters. The van der Waals surface area contributed by atoms with E-state index >= 15 is 0 Å². The van der Waals surface area contributed by atoms with Gasteiger partial charge in [0, 0.05) is 19.3 Å². The normalized spacial score (nSPS) is 13.6. The second-order valence-corrected chi connectivity index (χ2v) is 15.5. The molecule has 0 fully saturated rings. The number of hydrogen-bond acceptors (Lipinski definition) is 6. The van der Waals surface area contributed by atoms with E-state index in [4.69, 9.17) is 14.2 Å². The molecule has 0 saturated heterocycles. The summed E-state index contributed by atoms with van der Waals surface area (Å²) >= 11 is 0. The molecule has 0 spiro atoms. The zero-order chi connectivity index (χ0) is 47.2. The number of ether oxygens (including phenoxy) is 3. The Hall–Kier alpha value is -5.23. The zero-order valence-electron chi connectivity index (χ0n) is 40.7. The quantitative estimate of drug-likeness (QED) is 0.0200. The highest BCUT2D eigenvalue weighted by molar-refractivity contribution is 5.71. The molecule has 0 radical (unpaired) electrons. The molecule has 0 N–H and O–H groups in total. The molecular formula is C59H86O6. The van der Waals surface area contributed by atoms with Crippen LogP contribution in [0.2, 0.25) is 0 Å². The van der Waals surface area contributed by atoms with Crippen LogP contribution in [0, 0.1) is 0 Å². The van der Waals surface area contributed by atoms with Crippen molar-refractivity contribution in [3.8, 4) is 0 Å². The minimum Gasteiger partial charge on any atom is -0.462 e. The molecule has 0 rings (SSSR count). The Morgan fingerprint density at radius 1 is 0.338 bits per heavy atom. The molecule has 6 nitrogen and oxygen atoms in total. The smallest absolute Gasteiger partial charge is 0.306 e. The first-order valence-electron chi connectivity index (χ1n) is 24.8. The van der Waals surface area contributed by atoms with E-state index in [2.05, 4.69) is 75.5 Å². The monoisotopic (exact) mass is 891 g/mol. The molecule has 0 aliphatic rings. The van der Waals surface area contributed by atoms with Gasteiger partial charge in [0.2, 0.25) is 0 Å². The molecule has 6 heteroatoms. The summed E-state index contributed by atoms with van der Waals surface area (Å²) in [6.45, 7) is 6.15. The number of rotatable bonds is 41. The summed E-state index contributed by atoms with van der Waals surface area (Å²) in [6, 6.07) is 0. The van der Waals surface area contributed by atoms with Gasteiger partial charge in [-0.1, -0.05) is 229 Å². The third kappa shape index (κ3) is 49.6. The summed E-state index contributed by atoms with van der Waals surface area (Å²) in [7, 11) is 0. The first-order chi connectivity index (χ1) is 32.0. The molecule has 0 aliphatic heterocycles. The number of carbonyl (C=O) groups excluding carboxylic acids is 3. The third-order valence-electron chi connectivity index (χ3n) is 9.48. The molecule has 0 aromatic carbocycles. The lowest BCUT2D eigenvalue weighted by Crippen LogP contribution is -2.30. The molecule has 358 valence electrons. The Morgan fingerprint density at radius 2 is 0.677 bits per heavy atom. The van der Waals surface area contributed by atoms with Crippen LogP contribution in [0.3, 0.4) is 0 Å². The van der Waals surface area contributed by atoms with Crippen LogP contribution < -0.4 is 0 Å². The van der Waals surface area contributed by atoms with Crippen molar-refractivity contribution in [2.45, 2.75) is 168 Å². The average molecular weight is 891 g/mol. The predicted octanol–water partition coefficient (Wildman–Crippen LogP) is 16.4. The molecule has 0 amide bonds. The first-order valence-corrected chi connectivity index (χ1v) is 24.8. The van der Waals surface area contributed by atoms with Crippen LogP contribution >= 0.6 is 0 Å². The molecule has 0 aromatic heterocycles. The van der Waals surface area contributed by atoms with Gasteiger partial charge < -0.3 is 14.2 Å². The van der Waals surface area contributed by atoms with Gasteiger partial charge in [0.25, 0.3) is 0 Å². The van der Waals surface area contributed by atoms with Crippen molar-refractivity contribution in [2.75, 3.05) is 13.2 Å². The lowest BCUT2D eigenvalue weighted by Gasteiger charge is -2.18.